The normalized spacial score (nSPS) is 17.2. The minimum atomic E-state index is -0.0502. The summed E-state index contributed by atoms with van der Waals surface area (Å²) >= 11 is 0. The number of hydrogen-bond donors (Lipinski definition) is 1. The summed E-state index contributed by atoms with van der Waals surface area (Å²) < 4.78 is 5.52. The molecule has 1 aliphatic rings. The molecule has 4 heteroatoms. The topological polar surface area (TPSA) is 51.2 Å². The van der Waals surface area contributed by atoms with Crippen LogP contribution in [0.5, 0.6) is 0 Å². The van der Waals surface area contributed by atoms with Crippen molar-refractivity contribution in [1.29, 1.82) is 0 Å². The standard InChI is InChI=1S/C19H22N2O2/c1-13-5-10-18(14(2)21-13)15-6-8-16(9-7-15)19(22)20-12-17-4-3-11-23-17/h5-10,17H,3-4,11-12H2,1-2H3,(H,20,22)/t17-/m1/s1. The summed E-state index contributed by atoms with van der Waals surface area (Å²) in [5, 5.41) is 2.94. The average Bonchev–Trinajstić information content (AvgIpc) is 3.06. The lowest BCUT2D eigenvalue weighted by molar-refractivity contribution is 0.0858. The van der Waals surface area contributed by atoms with Crippen LogP contribution in [0.15, 0.2) is 36.4 Å². The van der Waals surface area contributed by atoms with Gasteiger partial charge in [-0.15, -0.1) is 0 Å². The number of nitrogens with one attached hydrogen (secondary N) is 1. The van der Waals surface area contributed by atoms with Crippen LogP contribution in [0.2, 0.25) is 0 Å². The zero-order valence-corrected chi connectivity index (χ0v) is 13.6. The third-order valence-electron chi connectivity index (χ3n) is 4.20. The minimum absolute atomic E-state index is 0.0502. The molecule has 1 aromatic carbocycles. The second kappa shape index (κ2) is 6.92. The van der Waals surface area contributed by atoms with E-state index in [9.17, 15) is 4.79 Å². The Labute approximate surface area is 136 Å². The molecule has 0 aliphatic carbocycles. The van der Waals surface area contributed by atoms with Crippen molar-refractivity contribution in [2.45, 2.75) is 32.8 Å². The van der Waals surface area contributed by atoms with E-state index >= 15 is 0 Å². The van der Waals surface area contributed by atoms with E-state index in [0.717, 1.165) is 42.0 Å². The van der Waals surface area contributed by atoms with Crippen molar-refractivity contribution in [3.05, 3.63) is 53.3 Å². The van der Waals surface area contributed by atoms with Crippen LogP contribution in [-0.2, 0) is 4.74 Å². The van der Waals surface area contributed by atoms with E-state index in [4.69, 9.17) is 4.74 Å². The van der Waals surface area contributed by atoms with Gasteiger partial charge in [-0.3, -0.25) is 9.78 Å². The van der Waals surface area contributed by atoms with Crippen molar-refractivity contribution >= 4 is 5.91 Å². The number of ether oxygens (including phenoxy) is 1. The van der Waals surface area contributed by atoms with Gasteiger partial charge < -0.3 is 10.1 Å². The van der Waals surface area contributed by atoms with Crippen molar-refractivity contribution < 1.29 is 9.53 Å². The number of carbonyl (C=O) groups excluding carboxylic acids is 1. The Morgan fingerprint density at radius 3 is 2.65 bits per heavy atom. The van der Waals surface area contributed by atoms with E-state index in [-0.39, 0.29) is 12.0 Å². The van der Waals surface area contributed by atoms with Gasteiger partial charge in [0, 0.05) is 35.7 Å². The number of amides is 1. The van der Waals surface area contributed by atoms with E-state index in [1.165, 1.54) is 0 Å². The van der Waals surface area contributed by atoms with E-state index in [1.807, 2.05) is 44.2 Å². The highest BCUT2D eigenvalue weighted by Gasteiger charge is 2.16. The highest BCUT2D eigenvalue weighted by atomic mass is 16.5. The monoisotopic (exact) mass is 310 g/mol. The second-order valence-corrected chi connectivity index (χ2v) is 6.01. The van der Waals surface area contributed by atoms with Gasteiger partial charge in [0.1, 0.15) is 0 Å². The molecule has 4 nitrogen and oxygen atoms in total. The van der Waals surface area contributed by atoms with Gasteiger partial charge in [-0.1, -0.05) is 18.2 Å². The molecule has 0 bridgehead atoms. The molecular formula is C19H22N2O2. The Morgan fingerprint density at radius 2 is 2.00 bits per heavy atom. The molecule has 3 rings (SSSR count). The molecule has 1 saturated heterocycles. The summed E-state index contributed by atoms with van der Waals surface area (Å²) in [7, 11) is 0. The van der Waals surface area contributed by atoms with Crippen LogP contribution in [0.25, 0.3) is 11.1 Å². The molecule has 1 amide bonds. The third kappa shape index (κ3) is 3.77. The van der Waals surface area contributed by atoms with Crippen molar-refractivity contribution in [2.75, 3.05) is 13.2 Å². The number of nitrogens with zero attached hydrogens (tertiary/aromatic N) is 1. The van der Waals surface area contributed by atoms with E-state index in [0.29, 0.717) is 12.1 Å². The van der Waals surface area contributed by atoms with Gasteiger partial charge in [0.25, 0.3) is 5.91 Å². The highest BCUT2D eigenvalue weighted by molar-refractivity contribution is 5.94. The van der Waals surface area contributed by atoms with Crippen molar-refractivity contribution in [1.82, 2.24) is 10.3 Å². The van der Waals surface area contributed by atoms with Gasteiger partial charge in [0.15, 0.2) is 0 Å². The molecule has 0 spiro atoms. The minimum Gasteiger partial charge on any atom is -0.376 e. The summed E-state index contributed by atoms with van der Waals surface area (Å²) in [4.78, 5) is 16.7. The lowest BCUT2D eigenvalue weighted by Gasteiger charge is -2.11. The number of aryl methyl sites for hydroxylation is 2. The SMILES string of the molecule is Cc1ccc(-c2ccc(C(=O)NC[C@H]3CCCO3)cc2)c(C)n1. The molecule has 0 saturated carbocycles. The summed E-state index contributed by atoms with van der Waals surface area (Å²) in [6.07, 6.45) is 2.28. The lowest BCUT2D eigenvalue weighted by Crippen LogP contribution is -2.31. The van der Waals surface area contributed by atoms with Crippen molar-refractivity contribution in [3.63, 3.8) is 0 Å². The predicted molar refractivity (Wildman–Crippen MR) is 90.5 cm³/mol. The molecule has 0 unspecified atom stereocenters. The quantitative estimate of drug-likeness (QED) is 0.943. The van der Waals surface area contributed by atoms with Gasteiger partial charge in [0.2, 0.25) is 0 Å². The molecule has 1 N–H and O–H groups in total. The maximum Gasteiger partial charge on any atom is 0.251 e. The highest BCUT2D eigenvalue weighted by Crippen LogP contribution is 2.22. The number of hydrogen-bond acceptors (Lipinski definition) is 3. The maximum atomic E-state index is 12.2. The second-order valence-electron chi connectivity index (χ2n) is 6.01. The summed E-state index contributed by atoms with van der Waals surface area (Å²) in [5.41, 5.74) is 4.86. The molecule has 2 heterocycles. The first-order chi connectivity index (χ1) is 11.1. The van der Waals surface area contributed by atoms with Gasteiger partial charge in [0.05, 0.1) is 6.10 Å². The fraction of sp³-hybridized carbons (Fsp3) is 0.368. The average molecular weight is 310 g/mol. The molecule has 23 heavy (non-hydrogen) atoms. The molecule has 1 fully saturated rings. The molecular weight excluding hydrogens is 288 g/mol. The molecule has 0 radical (unpaired) electrons. The Hall–Kier alpha value is -2.20. The van der Waals surface area contributed by atoms with Crippen LogP contribution in [-0.4, -0.2) is 30.1 Å². The van der Waals surface area contributed by atoms with E-state index < -0.39 is 0 Å². The van der Waals surface area contributed by atoms with Gasteiger partial charge in [-0.2, -0.15) is 0 Å². The van der Waals surface area contributed by atoms with Gasteiger partial charge >= 0.3 is 0 Å². The molecule has 1 aromatic heterocycles. The van der Waals surface area contributed by atoms with Gasteiger partial charge in [-0.25, -0.2) is 0 Å². The zero-order chi connectivity index (χ0) is 16.2. The van der Waals surface area contributed by atoms with Crippen LogP contribution in [0.4, 0.5) is 0 Å². The van der Waals surface area contributed by atoms with E-state index in [1.54, 1.807) is 0 Å². The van der Waals surface area contributed by atoms with Crippen LogP contribution >= 0.6 is 0 Å². The first-order valence-corrected chi connectivity index (χ1v) is 8.08. The molecule has 120 valence electrons. The van der Waals surface area contributed by atoms with Crippen LogP contribution < -0.4 is 5.32 Å². The number of carbonyl (C=O) groups is 1. The van der Waals surface area contributed by atoms with Crippen LogP contribution in [0.1, 0.15) is 34.6 Å². The van der Waals surface area contributed by atoms with Crippen LogP contribution in [0, 0.1) is 13.8 Å². The number of benzene rings is 1. The third-order valence-corrected chi connectivity index (χ3v) is 4.20. The number of aromatic nitrogens is 1. The van der Waals surface area contributed by atoms with Crippen LogP contribution in [0.3, 0.4) is 0 Å². The summed E-state index contributed by atoms with van der Waals surface area (Å²) in [6, 6.07) is 11.7. The lowest BCUT2D eigenvalue weighted by atomic mass is 10.0. The number of rotatable bonds is 4. The molecule has 1 atom stereocenters. The van der Waals surface area contributed by atoms with Crippen molar-refractivity contribution in [2.24, 2.45) is 0 Å². The zero-order valence-electron chi connectivity index (χ0n) is 13.6. The van der Waals surface area contributed by atoms with Gasteiger partial charge in [-0.05, 0) is 50.5 Å². The smallest absolute Gasteiger partial charge is 0.251 e. The predicted octanol–water partition coefficient (Wildman–Crippen LogP) is 3.27. The van der Waals surface area contributed by atoms with E-state index in [2.05, 4.69) is 16.4 Å². The Bertz CT molecular complexity index is 689. The van der Waals surface area contributed by atoms with Crippen molar-refractivity contribution in [3.8, 4) is 11.1 Å². The molecule has 2 aromatic rings. The fourth-order valence-electron chi connectivity index (χ4n) is 2.91. The fourth-order valence-corrected chi connectivity index (χ4v) is 2.91. The first kappa shape index (κ1) is 15.7. The first-order valence-electron chi connectivity index (χ1n) is 8.08. The number of pyridine rings is 1. The summed E-state index contributed by atoms with van der Waals surface area (Å²) in [5.74, 6) is -0.0502. The Balaban J connectivity index is 1.67. The Morgan fingerprint density at radius 1 is 1.22 bits per heavy atom. The Kier molecular flexibility index (Phi) is 4.72. The maximum absolute atomic E-state index is 12.2. The largest absolute Gasteiger partial charge is 0.376 e. The molecule has 1 aliphatic heterocycles. The summed E-state index contributed by atoms with van der Waals surface area (Å²) in [6.45, 7) is 5.38.